The largest absolute Gasteiger partial charge is 0.472 e. The van der Waals surface area contributed by atoms with E-state index < -0.39 is 91.5 Å². The van der Waals surface area contributed by atoms with Gasteiger partial charge in [-0.3, -0.25) is 32.5 Å². The highest BCUT2D eigenvalue weighted by atomic mass is 31.2. The van der Waals surface area contributed by atoms with Crippen molar-refractivity contribution in [3.05, 3.63) is 122 Å². The minimum absolute atomic E-state index is 0.0959. The van der Waals surface area contributed by atoms with Gasteiger partial charge in [0.1, 0.15) is 25.4 Å². The molecule has 0 spiro atoms. The van der Waals surface area contributed by atoms with Gasteiger partial charge in [-0.2, -0.15) is 0 Å². The van der Waals surface area contributed by atoms with Crippen LogP contribution < -0.4 is 0 Å². The molecule has 0 aliphatic heterocycles. The molecule has 0 bridgehead atoms. The summed E-state index contributed by atoms with van der Waals surface area (Å²) in [6.45, 7) is 2.55. The molecule has 5 unspecified atom stereocenters. The molecule has 4 N–H and O–H groups in total. The number of ether oxygens (including phenoxy) is 3. The predicted octanol–water partition coefficient (Wildman–Crippen LogP) is 28.0. The van der Waals surface area contributed by atoms with Crippen molar-refractivity contribution in [2.75, 3.05) is 39.6 Å². The first-order valence-electron chi connectivity index (χ1n) is 45.8. The van der Waals surface area contributed by atoms with Crippen LogP contribution in [-0.4, -0.2) is 95.9 Å². The molecule has 18 heteroatoms. The topological polar surface area (TPSA) is 231 Å². The third-order valence-corrected chi connectivity index (χ3v) is 21.5. The van der Waals surface area contributed by atoms with Gasteiger partial charge in [-0.25, -0.2) is 9.13 Å². The van der Waals surface area contributed by atoms with E-state index >= 15 is 0 Å². The molecule has 0 radical (unpaired) electrons. The number of rotatable bonds is 87. The van der Waals surface area contributed by atoms with Crippen LogP contribution in [0.4, 0.5) is 0 Å². The molecule has 0 saturated carbocycles. The normalized spacial score (nSPS) is 14.4. The summed E-state index contributed by atoms with van der Waals surface area (Å²) in [5.41, 5.74) is 0. The van der Waals surface area contributed by atoms with E-state index in [9.17, 15) is 43.5 Å². The summed E-state index contributed by atoms with van der Waals surface area (Å²) < 4.78 is 61.3. The third-order valence-electron chi connectivity index (χ3n) is 19.6. The smallest absolute Gasteiger partial charge is 0.463 e. The number of carbonyl (C=O) groups is 3. The SMILES string of the molecule is CC/C=C\C/C=C\C/C=C\C/C=C\C/C=C\CCCCCCCCCCCCCCCCCCCC(=O)OCC(O)COP(=O)(O)OCC(O)COP(=O)(O)OCC(COC(=O)CCCCCCCCCCCCCCCCCCC/C=C\C/C=C\C/C=C\C/C=C\CCCCC)OC(=O)CCCCCCC/C=C\CCCC. The Bertz CT molecular complexity index is 2540. The molecule has 0 amide bonds. The Balaban J connectivity index is 4.32. The Morgan fingerprint density at radius 3 is 0.779 bits per heavy atom. The van der Waals surface area contributed by atoms with Crippen molar-refractivity contribution >= 4 is 33.6 Å². The minimum Gasteiger partial charge on any atom is -0.463 e. The first-order valence-corrected chi connectivity index (χ1v) is 48.8. The predicted molar refractivity (Wildman–Crippen MR) is 473 cm³/mol. The van der Waals surface area contributed by atoms with Crippen LogP contribution >= 0.6 is 15.6 Å². The number of hydrogen-bond acceptors (Lipinski definition) is 14. The second kappa shape index (κ2) is 87.3. The lowest BCUT2D eigenvalue weighted by atomic mass is 10.0. The number of esters is 3. The van der Waals surface area contributed by atoms with Crippen LogP contribution in [0.25, 0.3) is 0 Å². The molecule has 0 aromatic heterocycles. The Hall–Kier alpha value is -4.05. The summed E-state index contributed by atoms with van der Waals surface area (Å²) >= 11 is 0. The quantitative estimate of drug-likeness (QED) is 0.0146. The lowest BCUT2D eigenvalue weighted by molar-refractivity contribution is -0.161. The highest BCUT2D eigenvalue weighted by molar-refractivity contribution is 7.47. The molecule has 0 aliphatic carbocycles. The van der Waals surface area contributed by atoms with Crippen molar-refractivity contribution < 1.29 is 75.8 Å². The second-order valence-corrected chi connectivity index (χ2v) is 33.6. The molecule has 0 aliphatic rings. The van der Waals surface area contributed by atoms with E-state index in [0.29, 0.717) is 19.3 Å². The maximum atomic E-state index is 13.0. The Morgan fingerprint density at radius 1 is 0.257 bits per heavy atom. The summed E-state index contributed by atoms with van der Waals surface area (Å²) in [7, 11) is -9.79. The first-order chi connectivity index (χ1) is 55.2. The first kappa shape index (κ1) is 109. The van der Waals surface area contributed by atoms with Crippen molar-refractivity contribution in [2.24, 2.45) is 0 Å². The zero-order valence-corrected chi connectivity index (χ0v) is 73.8. The average Bonchev–Trinajstić information content (AvgIpc) is 0.902. The lowest BCUT2D eigenvalue weighted by Gasteiger charge is -2.21. The number of phosphoric acid groups is 2. The summed E-state index contributed by atoms with van der Waals surface area (Å²) in [6.07, 6.45) is 107. The van der Waals surface area contributed by atoms with E-state index in [-0.39, 0.29) is 19.3 Å². The molecular weight excluding hydrogens is 1460 g/mol. The van der Waals surface area contributed by atoms with E-state index in [1.54, 1.807) is 0 Å². The molecular formula is C95H168O16P2. The zero-order valence-electron chi connectivity index (χ0n) is 72.0. The van der Waals surface area contributed by atoms with E-state index in [4.69, 9.17) is 32.3 Å². The Labute approximate surface area is 691 Å². The van der Waals surface area contributed by atoms with E-state index in [1.807, 2.05) is 0 Å². The van der Waals surface area contributed by atoms with Gasteiger partial charge >= 0.3 is 33.6 Å². The molecule has 0 rings (SSSR count). The van der Waals surface area contributed by atoms with Gasteiger partial charge in [0.25, 0.3) is 0 Å². The maximum Gasteiger partial charge on any atom is 0.472 e. The van der Waals surface area contributed by atoms with Crippen molar-refractivity contribution in [1.82, 2.24) is 0 Å². The minimum atomic E-state index is -4.93. The number of aliphatic hydroxyl groups is 2. The monoisotopic (exact) mass is 1630 g/mol. The van der Waals surface area contributed by atoms with Gasteiger partial charge in [-0.05, 0) is 128 Å². The molecule has 0 fully saturated rings. The van der Waals surface area contributed by atoms with Gasteiger partial charge in [0.2, 0.25) is 0 Å². The van der Waals surface area contributed by atoms with Crippen LogP contribution in [0.5, 0.6) is 0 Å². The Kier molecular flexibility index (Phi) is 84.1. The van der Waals surface area contributed by atoms with E-state index in [2.05, 4.69) is 142 Å². The number of unbranched alkanes of at least 4 members (excludes halogenated alkanes) is 44. The van der Waals surface area contributed by atoms with Crippen LogP contribution in [0.2, 0.25) is 0 Å². The van der Waals surface area contributed by atoms with E-state index in [0.717, 1.165) is 128 Å². The van der Waals surface area contributed by atoms with Gasteiger partial charge in [0.15, 0.2) is 6.10 Å². The van der Waals surface area contributed by atoms with Crippen molar-refractivity contribution in [3.8, 4) is 0 Å². The molecule has 16 nitrogen and oxygen atoms in total. The summed E-state index contributed by atoms with van der Waals surface area (Å²) in [5.74, 6) is -1.57. The number of aliphatic hydroxyl groups excluding tert-OH is 2. The second-order valence-electron chi connectivity index (χ2n) is 30.7. The van der Waals surface area contributed by atoms with Crippen LogP contribution in [0.1, 0.15) is 406 Å². The molecule has 0 heterocycles. The highest BCUT2D eigenvalue weighted by Crippen LogP contribution is 2.45. The van der Waals surface area contributed by atoms with Gasteiger partial charge in [0, 0.05) is 19.3 Å². The fourth-order valence-electron chi connectivity index (χ4n) is 12.7. The van der Waals surface area contributed by atoms with Gasteiger partial charge in [-0.1, -0.05) is 380 Å². The molecule has 0 saturated heterocycles. The summed E-state index contributed by atoms with van der Waals surface area (Å²) in [6, 6.07) is 0. The molecule has 0 aromatic rings. The number of allylic oxidation sites excluding steroid dienone is 20. The standard InChI is InChI=1S/C95H168O16P2/c1-4-7-10-13-16-19-22-24-26-28-30-32-34-36-38-40-42-44-46-48-50-52-54-56-58-60-62-64-67-69-72-75-78-81-93(98)105-84-90(96)85-107-112(101,102)108-86-91(97)87-109-113(103,104)110-89-92(111-95(100)83-80-77-74-71-66-21-18-15-12-9-6-3)88-106-94(99)82-79-76-73-70-68-65-63-61-59-57-55-53-51-49-47-45-43-41-39-37-35-33-31-29-27-25-23-20-17-14-11-8-5-2/h7,10,15-20,24-27,30-33,36-39,90-92,96-97H,4-6,8-9,11-14,21-23,28-29,34-35,40-89H2,1-3H3,(H,101,102)(H,103,104)/b10-7-,18-15-,19-16-,20-17-,26-24-,27-25-,32-30-,33-31-,38-36-,39-37-. The lowest BCUT2D eigenvalue weighted by Crippen LogP contribution is -2.30. The van der Waals surface area contributed by atoms with Crippen molar-refractivity contribution in [1.29, 1.82) is 0 Å². The number of hydrogen-bond donors (Lipinski definition) is 4. The molecule has 0 aromatic carbocycles. The van der Waals surface area contributed by atoms with E-state index in [1.165, 1.54) is 218 Å². The van der Waals surface area contributed by atoms with Crippen LogP contribution in [0.3, 0.4) is 0 Å². The van der Waals surface area contributed by atoms with Gasteiger partial charge in [0.05, 0.1) is 26.4 Å². The average molecular weight is 1630 g/mol. The highest BCUT2D eigenvalue weighted by Gasteiger charge is 2.29. The summed E-state index contributed by atoms with van der Waals surface area (Å²) in [4.78, 5) is 58.8. The van der Waals surface area contributed by atoms with Crippen LogP contribution in [-0.2, 0) is 55.8 Å². The number of carbonyl (C=O) groups excluding carboxylic acids is 3. The third kappa shape index (κ3) is 88.6. The fraction of sp³-hybridized carbons (Fsp3) is 0.758. The molecule has 5 atom stereocenters. The Morgan fingerprint density at radius 2 is 0.478 bits per heavy atom. The maximum absolute atomic E-state index is 13.0. The molecule has 113 heavy (non-hydrogen) atoms. The van der Waals surface area contributed by atoms with Crippen LogP contribution in [0, 0.1) is 0 Å². The number of phosphoric ester groups is 2. The van der Waals surface area contributed by atoms with Crippen molar-refractivity contribution in [2.45, 2.75) is 424 Å². The van der Waals surface area contributed by atoms with Crippen LogP contribution in [0.15, 0.2) is 122 Å². The molecule has 654 valence electrons. The summed E-state index contributed by atoms with van der Waals surface area (Å²) in [5, 5.41) is 20.7. The van der Waals surface area contributed by atoms with Crippen molar-refractivity contribution in [3.63, 3.8) is 0 Å². The zero-order chi connectivity index (χ0) is 82.2. The fourth-order valence-corrected chi connectivity index (χ4v) is 14.3. The van der Waals surface area contributed by atoms with Gasteiger partial charge in [-0.15, -0.1) is 0 Å². The van der Waals surface area contributed by atoms with Gasteiger partial charge < -0.3 is 34.2 Å².